The van der Waals surface area contributed by atoms with Crippen molar-refractivity contribution in [1.29, 1.82) is 0 Å². The van der Waals surface area contributed by atoms with Crippen molar-refractivity contribution in [3.8, 4) is 0 Å². The molecule has 7 heteroatoms. The van der Waals surface area contributed by atoms with Crippen molar-refractivity contribution in [2.45, 2.75) is 0 Å². The minimum atomic E-state index is -0.0597. The van der Waals surface area contributed by atoms with Crippen molar-refractivity contribution in [3.05, 3.63) is 57.5 Å². The average Bonchev–Trinajstić information content (AvgIpc) is 2.43. The standard InChI is InChI=1S/C14H13Br2N5/c15-9-1-5-11(6-2-9)19-14(21-13(17)18)20-12-7-3-10(16)4-8-12/h1-8H,(H5,17,18,19,20,21). The van der Waals surface area contributed by atoms with Crippen LogP contribution >= 0.6 is 31.9 Å². The first-order chi connectivity index (χ1) is 10.0. The zero-order valence-electron chi connectivity index (χ0n) is 10.9. The Morgan fingerprint density at radius 2 is 1.38 bits per heavy atom. The molecule has 21 heavy (non-hydrogen) atoms. The van der Waals surface area contributed by atoms with Crippen LogP contribution in [0.15, 0.2) is 67.5 Å². The summed E-state index contributed by atoms with van der Waals surface area (Å²) < 4.78 is 1.96. The number of nitrogens with zero attached hydrogens (tertiary/aromatic N) is 2. The Morgan fingerprint density at radius 1 is 0.857 bits per heavy atom. The fraction of sp³-hybridized carbons (Fsp3) is 0. The smallest absolute Gasteiger partial charge is 0.230 e. The van der Waals surface area contributed by atoms with E-state index in [-0.39, 0.29) is 5.96 Å². The van der Waals surface area contributed by atoms with Crippen LogP contribution in [0.3, 0.4) is 0 Å². The number of hydrogen-bond donors (Lipinski definition) is 3. The zero-order valence-corrected chi connectivity index (χ0v) is 14.1. The van der Waals surface area contributed by atoms with Crippen LogP contribution < -0.4 is 16.8 Å². The molecule has 0 saturated heterocycles. The molecule has 2 aromatic carbocycles. The van der Waals surface area contributed by atoms with Gasteiger partial charge in [-0.25, -0.2) is 4.99 Å². The molecule has 0 bridgehead atoms. The van der Waals surface area contributed by atoms with Gasteiger partial charge < -0.3 is 16.8 Å². The lowest BCUT2D eigenvalue weighted by Gasteiger charge is -2.06. The topological polar surface area (TPSA) is 88.8 Å². The fourth-order valence-electron chi connectivity index (χ4n) is 1.50. The molecule has 2 rings (SSSR count). The van der Waals surface area contributed by atoms with E-state index in [9.17, 15) is 0 Å². The van der Waals surface area contributed by atoms with E-state index in [4.69, 9.17) is 11.5 Å². The van der Waals surface area contributed by atoms with Gasteiger partial charge in [0, 0.05) is 14.6 Å². The summed E-state index contributed by atoms with van der Waals surface area (Å²) in [5.41, 5.74) is 12.5. The summed E-state index contributed by atoms with van der Waals surface area (Å²) in [6.07, 6.45) is 0. The fourth-order valence-corrected chi connectivity index (χ4v) is 2.03. The van der Waals surface area contributed by atoms with E-state index >= 15 is 0 Å². The number of benzene rings is 2. The van der Waals surface area contributed by atoms with E-state index in [1.807, 2.05) is 48.5 Å². The van der Waals surface area contributed by atoms with Crippen LogP contribution in [-0.4, -0.2) is 11.9 Å². The first kappa shape index (κ1) is 15.5. The molecule has 0 spiro atoms. The van der Waals surface area contributed by atoms with E-state index in [2.05, 4.69) is 47.2 Å². The highest BCUT2D eigenvalue weighted by atomic mass is 79.9. The number of nitrogens with one attached hydrogen (secondary N) is 1. The molecule has 0 aliphatic carbocycles. The second kappa shape index (κ2) is 7.24. The highest BCUT2D eigenvalue weighted by molar-refractivity contribution is 9.10. The van der Waals surface area contributed by atoms with Crippen LogP contribution in [0.1, 0.15) is 0 Å². The van der Waals surface area contributed by atoms with Gasteiger partial charge >= 0.3 is 0 Å². The summed E-state index contributed by atoms with van der Waals surface area (Å²) in [7, 11) is 0. The summed E-state index contributed by atoms with van der Waals surface area (Å²) in [5.74, 6) is 0.259. The van der Waals surface area contributed by atoms with E-state index in [0.29, 0.717) is 5.96 Å². The van der Waals surface area contributed by atoms with Gasteiger partial charge in [-0.3, -0.25) is 0 Å². The lowest BCUT2D eigenvalue weighted by molar-refractivity contribution is 1.39. The Bertz CT molecular complexity index is 659. The maximum atomic E-state index is 5.44. The molecule has 0 heterocycles. The van der Waals surface area contributed by atoms with Gasteiger partial charge in [0.05, 0.1) is 5.69 Å². The van der Waals surface area contributed by atoms with E-state index in [0.717, 1.165) is 20.3 Å². The van der Waals surface area contributed by atoms with Gasteiger partial charge in [-0.2, -0.15) is 4.99 Å². The molecular weight excluding hydrogens is 398 g/mol. The molecule has 108 valence electrons. The Labute approximate surface area is 139 Å². The van der Waals surface area contributed by atoms with Gasteiger partial charge in [0.25, 0.3) is 0 Å². The third-order valence-corrected chi connectivity index (χ3v) is 3.45. The van der Waals surface area contributed by atoms with Gasteiger partial charge in [-0.15, -0.1) is 0 Å². The van der Waals surface area contributed by atoms with E-state index in [1.54, 1.807) is 0 Å². The summed E-state index contributed by atoms with van der Waals surface area (Å²) in [6, 6.07) is 15.1. The summed E-state index contributed by atoms with van der Waals surface area (Å²) in [5, 5.41) is 3.07. The van der Waals surface area contributed by atoms with Gasteiger partial charge in [0.15, 0.2) is 5.96 Å². The van der Waals surface area contributed by atoms with Crippen LogP contribution in [0.2, 0.25) is 0 Å². The molecule has 0 radical (unpaired) electrons. The monoisotopic (exact) mass is 409 g/mol. The third-order valence-electron chi connectivity index (χ3n) is 2.40. The molecule has 0 saturated carbocycles. The highest BCUT2D eigenvalue weighted by Gasteiger charge is 2.01. The van der Waals surface area contributed by atoms with E-state index in [1.165, 1.54) is 0 Å². The van der Waals surface area contributed by atoms with Crippen molar-refractivity contribution in [2.75, 3.05) is 5.32 Å². The molecule has 0 atom stereocenters. The Morgan fingerprint density at radius 3 is 1.90 bits per heavy atom. The Kier molecular flexibility index (Phi) is 5.35. The predicted octanol–water partition coefficient (Wildman–Crippen LogP) is 3.58. The number of aliphatic imine (C=N–C) groups is 2. The highest BCUT2D eigenvalue weighted by Crippen LogP contribution is 2.18. The molecule has 5 N–H and O–H groups in total. The summed E-state index contributed by atoms with van der Waals surface area (Å²) in [6.45, 7) is 0. The van der Waals surface area contributed by atoms with Crippen LogP contribution in [0.5, 0.6) is 0 Å². The van der Waals surface area contributed by atoms with Crippen LogP contribution in [0.4, 0.5) is 11.4 Å². The lowest BCUT2D eigenvalue weighted by atomic mass is 10.3. The van der Waals surface area contributed by atoms with Crippen LogP contribution in [0.25, 0.3) is 0 Å². The van der Waals surface area contributed by atoms with Crippen LogP contribution in [0, 0.1) is 0 Å². The van der Waals surface area contributed by atoms with Gasteiger partial charge in [-0.1, -0.05) is 31.9 Å². The second-order valence-corrected chi connectivity index (χ2v) is 5.91. The zero-order chi connectivity index (χ0) is 15.2. The first-order valence-corrected chi connectivity index (χ1v) is 7.58. The Hall–Kier alpha value is -1.86. The summed E-state index contributed by atoms with van der Waals surface area (Å²) >= 11 is 6.76. The van der Waals surface area contributed by atoms with Gasteiger partial charge in [0.1, 0.15) is 0 Å². The number of anilines is 1. The first-order valence-electron chi connectivity index (χ1n) is 5.99. The molecule has 0 fully saturated rings. The Balaban J connectivity index is 2.27. The van der Waals surface area contributed by atoms with Crippen molar-refractivity contribution in [3.63, 3.8) is 0 Å². The molecule has 5 nitrogen and oxygen atoms in total. The number of guanidine groups is 2. The summed E-state index contributed by atoms with van der Waals surface area (Å²) in [4.78, 5) is 8.38. The largest absolute Gasteiger partial charge is 0.370 e. The maximum Gasteiger partial charge on any atom is 0.230 e. The molecule has 2 aromatic rings. The minimum Gasteiger partial charge on any atom is -0.370 e. The minimum absolute atomic E-state index is 0.0597. The normalized spacial score (nSPS) is 11.0. The number of halogens is 2. The van der Waals surface area contributed by atoms with Crippen molar-refractivity contribution >= 4 is 55.2 Å². The number of nitrogens with two attached hydrogens (primary N) is 2. The molecule has 0 aromatic heterocycles. The van der Waals surface area contributed by atoms with Gasteiger partial charge in [-0.05, 0) is 48.5 Å². The number of rotatable bonds is 2. The molecule has 0 amide bonds. The van der Waals surface area contributed by atoms with Crippen molar-refractivity contribution < 1.29 is 0 Å². The SMILES string of the molecule is NC(N)=NC(=Nc1ccc(Br)cc1)Nc1ccc(Br)cc1. The third kappa shape index (κ3) is 5.20. The van der Waals surface area contributed by atoms with E-state index < -0.39 is 0 Å². The second-order valence-electron chi connectivity index (χ2n) is 4.08. The molecule has 0 aliphatic heterocycles. The predicted molar refractivity (Wildman–Crippen MR) is 94.8 cm³/mol. The quantitative estimate of drug-likeness (QED) is 0.522. The van der Waals surface area contributed by atoms with Crippen LogP contribution in [-0.2, 0) is 0 Å². The maximum absolute atomic E-state index is 5.44. The molecular formula is C14H13Br2N5. The lowest BCUT2D eigenvalue weighted by Crippen LogP contribution is -2.26. The number of hydrogen-bond acceptors (Lipinski definition) is 1. The van der Waals surface area contributed by atoms with Crippen molar-refractivity contribution in [2.24, 2.45) is 21.5 Å². The van der Waals surface area contributed by atoms with Gasteiger partial charge in [0.2, 0.25) is 5.96 Å². The molecule has 0 aliphatic rings. The van der Waals surface area contributed by atoms with Crippen molar-refractivity contribution in [1.82, 2.24) is 0 Å². The molecule has 0 unspecified atom stereocenters. The average molecular weight is 411 g/mol.